The summed E-state index contributed by atoms with van der Waals surface area (Å²) < 4.78 is 0. The third-order valence-electron chi connectivity index (χ3n) is 2.87. The van der Waals surface area contributed by atoms with Gasteiger partial charge in [-0.1, -0.05) is 31.4 Å². The van der Waals surface area contributed by atoms with Gasteiger partial charge in [-0.3, -0.25) is 4.79 Å². The zero-order valence-electron chi connectivity index (χ0n) is 11.5. The van der Waals surface area contributed by atoms with Gasteiger partial charge in [-0.15, -0.1) is 11.8 Å². The van der Waals surface area contributed by atoms with E-state index in [0.29, 0.717) is 17.0 Å². The van der Waals surface area contributed by atoms with Crippen LogP contribution in [0.5, 0.6) is 0 Å². The number of benzene rings is 1. The first kappa shape index (κ1) is 16.9. The van der Waals surface area contributed by atoms with Crippen LogP contribution in [0.4, 0.5) is 0 Å². The fourth-order valence-electron chi connectivity index (χ4n) is 1.71. The standard InChI is InChI=1S/C14H18ClNO3S/c1-3-4-5-12(14(18)19)16-13(17)10-8-9(20-2)6-7-11(10)15/h6-8,12H,3-5H2,1-2H3,(H,16,17)(H,18,19)/t12-/m0/s1. The van der Waals surface area contributed by atoms with Gasteiger partial charge in [-0.25, -0.2) is 4.79 Å². The van der Waals surface area contributed by atoms with E-state index in [1.807, 2.05) is 19.2 Å². The van der Waals surface area contributed by atoms with Crippen LogP contribution in [-0.4, -0.2) is 29.3 Å². The zero-order chi connectivity index (χ0) is 15.1. The van der Waals surface area contributed by atoms with Gasteiger partial charge in [-0.2, -0.15) is 0 Å². The van der Waals surface area contributed by atoms with Gasteiger partial charge >= 0.3 is 5.97 Å². The predicted octanol–water partition coefficient (Wildman–Crippen LogP) is 3.44. The van der Waals surface area contributed by atoms with Crippen LogP contribution in [0.25, 0.3) is 0 Å². The Labute approximate surface area is 127 Å². The van der Waals surface area contributed by atoms with E-state index in [9.17, 15) is 9.59 Å². The summed E-state index contributed by atoms with van der Waals surface area (Å²) >= 11 is 7.49. The second-order valence-electron chi connectivity index (χ2n) is 4.35. The minimum Gasteiger partial charge on any atom is -0.480 e. The molecule has 110 valence electrons. The van der Waals surface area contributed by atoms with Gasteiger partial charge in [0.05, 0.1) is 10.6 Å². The van der Waals surface area contributed by atoms with Crippen LogP contribution < -0.4 is 5.32 Å². The predicted molar refractivity (Wildman–Crippen MR) is 81.6 cm³/mol. The number of unbranched alkanes of at least 4 members (excludes halogenated alkanes) is 1. The highest BCUT2D eigenvalue weighted by molar-refractivity contribution is 7.98. The highest BCUT2D eigenvalue weighted by atomic mass is 35.5. The molecule has 0 fully saturated rings. The monoisotopic (exact) mass is 315 g/mol. The van der Waals surface area contributed by atoms with Crippen molar-refractivity contribution in [3.8, 4) is 0 Å². The molecule has 1 aromatic carbocycles. The number of hydrogen-bond donors (Lipinski definition) is 2. The maximum absolute atomic E-state index is 12.1. The summed E-state index contributed by atoms with van der Waals surface area (Å²) in [6, 6.07) is 4.25. The molecule has 2 N–H and O–H groups in total. The van der Waals surface area contributed by atoms with E-state index in [-0.39, 0.29) is 0 Å². The first-order valence-corrected chi connectivity index (χ1v) is 7.97. The molecule has 20 heavy (non-hydrogen) atoms. The van der Waals surface area contributed by atoms with Crippen LogP contribution >= 0.6 is 23.4 Å². The van der Waals surface area contributed by atoms with E-state index in [2.05, 4.69) is 5.32 Å². The molecule has 1 amide bonds. The number of carboxylic acids is 1. The van der Waals surface area contributed by atoms with E-state index in [1.54, 1.807) is 12.1 Å². The number of carbonyl (C=O) groups is 2. The van der Waals surface area contributed by atoms with Crippen molar-refractivity contribution in [3.05, 3.63) is 28.8 Å². The molecule has 1 atom stereocenters. The Kier molecular flexibility index (Phi) is 6.88. The molecule has 0 radical (unpaired) electrons. The molecule has 1 aromatic rings. The Morgan fingerprint density at radius 2 is 2.15 bits per heavy atom. The fourth-order valence-corrected chi connectivity index (χ4v) is 2.35. The Morgan fingerprint density at radius 3 is 2.70 bits per heavy atom. The second-order valence-corrected chi connectivity index (χ2v) is 5.64. The van der Waals surface area contributed by atoms with Crippen LogP contribution in [0.2, 0.25) is 5.02 Å². The van der Waals surface area contributed by atoms with E-state index >= 15 is 0 Å². The average Bonchev–Trinajstić information content (AvgIpc) is 2.43. The fraction of sp³-hybridized carbons (Fsp3) is 0.429. The van der Waals surface area contributed by atoms with Crippen molar-refractivity contribution >= 4 is 35.2 Å². The number of hydrogen-bond acceptors (Lipinski definition) is 3. The third-order valence-corrected chi connectivity index (χ3v) is 3.92. The lowest BCUT2D eigenvalue weighted by Gasteiger charge is -2.15. The molecule has 0 aliphatic heterocycles. The van der Waals surface area contributed by atoms with E-state index in [1.165, 1.54) is 11.8 Å². The molecule has 0 saturated carbocycles. The molecular formula is C14H18ClNO3S. The Morgan fingerprint density at radius 1 is 1.45 bits per heavy atom. The summed E-state index contributed by atoms with van der Waals surface area (Å²) in [5, 5.41) is 12.0. The molecule has 1 rings (SSSR count). The van der Waals surface area contributed by atoms with Gasteiger partial charge in [0.2, 0.25) is 0 Å². The lowest BCUT2D eigenvalue weighted by atomic mass is 10.1. The minimum atomic E-state index is -1.02. The van der Waals surface area contributed by atoms with Crippen LogP contribution in [-0.2, 0) is 4.79 Å². The average molecular weight is 316 g/mol. The molecule has 0 aliphatic carbocycles. The van der Waals surface area contributed by atoms with Gasteiger partial charge in [0.25, 0.3) is 5.91 Å². The third kappa shape index (κ3) is 4.72. The van der Waals surface area contributed by atoms with Gasteiger partial charge in [0.1, 0.15) is 6.04 Å². The molecule has 4 nitrogen and oxygen atoms in total. The molecule has 0 bridgehead atoms. The van der Waals surface area contributed by atoms with Crippen molar-refractivity contribution in [2.24, 2.45) is 0 Å². The maximum atomic E-state index is 12.1. The van der Waals surface area contributed by atoms with Crippen molar-refractivity contribution in [3.63, 3.8) is 0 Å². The number of amides is 1. The summed E-state index contributed by atoms with van der Waals surface area (Å²) in [7, 11) is 0. The second kappa shape index (κ2) is 8.17. The normalized spacial score (nSPS) is 11.9. The molecule has 0 unspecified atom stereocenters. The van der Waals surface area contributed by atoms with Crippen LogP contribution in [0.3, 0.4) is 0 Å². The molecule has 0 aromatic heterocycles. The van der Waals surface area contributed by atoms with Gasteiger partial charge in [-0.05, 0) is 30.9 Å². The smallest absolute Gasteiger partial charge is 0.326 e. The quantitative estimate of drug-likeness (QED) is 0.756. The molecule has 0 heterocycles. The van der Waals surface area contributed by atoms with E-state index in [0.717, 1.165) is 17.7 Å². The number of aliphatic carboxylic acids is 1. The largest absolute Gasteiger partial charge is 0.480 e. The first-order chi connectivity index (χ1) is 9.49. The van der Waals surface area contributed by atoms with Crippen molar-refractivity contribution in [2.45, 2.75) is 37.1 Å². The van der Waals surface area contributed by atoms with Gasteiger partial charge < -0.3 is 10.4 Å². The lowest BCUT2D eigenvalue weighted by Crippen LogP contribution is -2.40. The lowest BCUT2D eigenvalue weighted by molar-refractivity contribution is -0.139. The molecule has 0 spiro atoms. The number of thioether (sulfide) groups is 1. The SMILES string of the molecule is CCCC[C@H](NC(=O)c1cc(SC)ccc1Cl)C(=O)O. The number of rotatable bonds is 7. The Balaban J connectivity index is 2.85. The minimum absolute atomic E-state index is 0.307. The Hall–Kier alpha value is -1.20. The van der Waals surface area contributed by atoms with E-state index in [4.69, 9.17) is 16.7 Å². The zero-order valence-corrected chi connectivity index (χ0v) is 13.1. The number of carbonyl (C=O) groups excluding carboxylic acids is 1. The first-order valence-electron chi connectivity index (χ1n) is 6.36. The van der Waals surface area contributed by atoms with Gasteiger partial charge in [0, 0.05) is 4.90 Å². The van der Waals surface area contributed by atoms with E-state index < -0.39 is 17.9 Å². The van der Waals surface area contributed by atoms with Crippen LogP contribution in [0.15, 0.2) is 23.1 Å². The van der Waals surface area contributed by atoms with Gasteiger partial charge in [0.15, 0.2) is 0 Å². The van der Waals surface area contributed by atoms with Crippen LogP contribution in [0.1, 0.15) is 36.5 Å². The van der Waals surface area contributed by atoms with Crippen LogP contribution in [0, 0.1) is 0 Å². The topological polar surface area (TPSA) is 66.4 Å². The number of halogens is 1. The summed E-state index contributed by atoms with van der Waals surface area (Å²) in [6.07, 6.45) is 3.93. The number of carboxylic acid groups (broad SMARTS) is 1. The maximum Gasteiger partial charge on any atom is 0.326 e. The number of nitrogens with one attached hydrogen (secondary N) is 1. The Bertz CT molecular complexity index is 493. The summed E-state index contributed by atoms with van der Waals surface area (Å²) in [4.78, 5) is 24.2. The van der Waals surface area contributed by atoms with Crippen molar-refractivity contribution in [1.29, 1.82) is 0 Å². The van der Waals surface area contributed by atoms with Crippen molar-refractivity contribution in [2.75, 3.05) is 6.26 Å². The highest BCUT2D eigenvalue weighted by Gasteiger charge is 2.21. The molecule has 0 aliphatic rings. The molecular weight excluding hydrogens is 298 g/mol. The van der Waals surface area contributed by atoms with Crippen molar-refractivity contribution in [1.82, 2.24) is 5.32 Å². The summed E-state index contributed by atoms with van der Waals surface area (Å²) in [5.41, 5.74) is 0.307. The molecule has 0 saturated heterocycles. The highest BCUT2D eigenvalue weighted by Crippen LogP contribution is 2.23. The summed E-state index contributed by atoms with van der Waals surface area (Å²) in [5.74, 6) is -1.47. The molecule has 6 heteroatoms. The summed E-state index contributed by atoms with van der Waals surface area (Å²) in [6.45, 7) is 1.97. The van der Waals surface area contributed by atoms with Crippen molar-refractivity contribution < 1.29 is 14.7 Å².